The van der Waals surface area contributed by atoms with Crippen LogP contribution >= 0.6 is 11.8 Å². The van der Waals surface area contributed by atoms with E-state index in [4.69, 9.17) is 0 Å². The zero-order valence-corrected chi connectivity index (χ0v) is 11.7. The van der Waals surface area contributed by atoms with Crippen molar-refractivity contribution in [1.82, 2.24) is 5.32 Å². The Hall–Kier alpha value is -0.780. The van der Waals surface area contributed by atoms with Crippen molar-refractivity contribution in [2.24, 2.45) is 0 Å². The molecule has 0 fully saturated rings. The maximum absolute atomic E-state index is 13.1. The quantitative estimate of drug-likeness (QED) is 0.744. The number of phenols is 1. The fourth-order valence-electron chi connectivity index (χ4n) is 1.72. The minimum atomic E-state index is -0.823. The van der Waals surface area contributed by atoms with Gasteiger partial charge in [-0.1, -0.05) is 0 Å². The molecule has 0 bridgehead atoms. The maximum atomic E-state index is 13.1. The van der Waals surface area contributed by atoms with E-state index in [1.165, 1.54) is 18.2 Å². The van der Waals surface area contributed by atoms with Gasteiger partial charge in [0.05, 0.1) is 5.60 Å². The van der Waals surface area contributed by atoms with Crippen LogP contribution in [0.5, 0.6) is 5.75 Å². The van der Waals surface area contributed by atoms with Gasteiger partial charge in [0.2, 0.25) is 0 Å². The monoisotopic (exact) mass is 273 g/mol. The van der Waals surface area contributed by atoms with Crippen molar-refractivity contribution in [3.05, 3.63) is 29.6 Å². The molecule has 102 valence electrons. The van der Waals surface area contributed by atoms with E-state index in [-0.39, 0.29) is 17.6 Å². The Morgan fingerprint density at radius 3 is 2.78 bits per heavy atom. The van der Waals surface area contributed by atoms with Crippen LogP contribution in [0.1, 0.15) is 25.5 Å². The van der Waals surface area contributed by atoms with Crippen LogP contribution in [0.2, 0.25) is 0 Å². The minimum absolute atomic E-state index is 0.0564. The molecule has 0 aromatic heterocycles. The van der Waals surface area contributed by atoms with Gasteiger partial charge >= 0.3 is 0 Å². The molecule has 1 aromatic carbocycles. The number of rotatable bonds is 6. The zero-order valence-electron chi connectivity index (χ0n) is 10.9. The van der Waals surface area contributed by atoms with Crippen molar-refractivity contribution in [2.45, 2.75) is 25.5 Å². The summed E-state index contributed by atoms with van der Waals surface area (Å²) in [6.45, 7) is 3.95. The number of aromatic hydroxyl groups is 1. The van der Waals surface area contributed by atoms with E-state index < -0.39 is 5.60 Å². The zero-order chi connectivity index (χ0) is 13.8. The van der Waals surface area contributed by atoms with E-state index >= 15 is 0 Å². The number of hydrogen-bond donors (Lipinski definition) is 3. The van der Waals surface area contributed by atoms with Crippen LogP contribution in [0.3, 0.4) is 0 Å². The standard InChI is InChI=1S/C13H20FNO2S/c1-9(15-7-13(2,17)8-18-3)11-6-10(14)4-5-12(11)16/h4-6,9,15-17H,7-8H2,1-3H3. The van der Waals surface area contributed by atoms with E-state index in [2.05, 4.69) is 5.32 Å². The first-order valence-corrected chi connectivity index (χ1v) is 7.18. The van der Waals surface area contributed by atoms with Crippen LogP contribution in [0.15, 0.2) is 18.2 Å². The molecule has 3 nitrogen and oxygen atoms in total. The van der Waals surface area contributed by atoms with Crippen molar-refractivity contribution in [2.75, 3.05) is 18.6 Å². The topological polar surface area (TPSA) is 52.5 Å². The smallest absolute Gasteiger partial charge is 0.123 e. The lowest BCUT2D eigenvalue weighted by molar-refractivity contribution is 0.0819. The molecule has 3 N–H and O–H groups in total. The summed E-state index contributed by atoms with van der Waals surface area (Å²) in [5.41, 5.74) is -0.327. The van der Waals surface area contributed by atoms with Gasteiger partial charge in [0.15, 0.2) is 0 Å². The largest absolute Gasteiger partial charge is 0.508 e. The van der Waals surface area contributed by atoms with Gasteiger partial charge in [-0.25, -0.2) is 4.39 Å². The fourth-order valence-corrected chi connectivity index (χ4v) is 2.44. The molecule has 18 heavy (non-hydrogen) atoms. The molecular weight excluding hydrogens is 253 g/mol. The molecule has 0 radical (unpaired) electrons. The lowest BCUT2D eigenvalue weighted by atomic mass is 10.0. The molecule has 0 aliphatic heterocycles. The van der Waals surface area contributed by atoms with Crippen molar-refractivity contribution < 1.29 is 14.6 Å². The average molecular weight is 273 g/mol. The van der Waals surface area contributed by atoms with E-state index in [1.54, 1.807) is 18.7 Å². The van der Waals surface area contributed by atoms with Crippen LogP contribution in [-0.4, -0.2) is 34.4 Å². The molecule has 0 saturated heterocycles. The third kappa shape index (κ3) is 4.48. The summed E-state index contributed by atoms with van der Waals surface area (Å²) >= 11 is 1.56. The Labute approximate surface area is 111 Å². The number of aliphatic hydroxyl groups is 1. The molecule has 2 unspecified atom stereocenters. The summed E-state index contributed by atoms with van der Waals surface area (Å²) in [4.78, 5) is 0. The summed E-state index contributed by atoms with van der Waals surface area (Å²) in [7, 11) is 0. The highest BCUT2D eigenvalue weighted by Gasteiger charge is 2.21. The number of hydrogen-bond acceptors (Lipinski definition) is 4. The molecule has 0 aliphatic rings. The highest BCUT2D eigenvalue weighted by atomic mass is 32.2. The predicted molar refractivity (Wildman–Crippen MR) is 73.5 cm³/mol. The second-order valence-corrected chi connectivity index (χ2v) is 5.60. The normalized spacial score (nSPS) is 16.3. The van der Waals surface area contributed by atoms with Gasteiger partial charge in [-0.3, -0.25) is 0 Å². The Morgan fingerprint density at radius 1 is 1.50 bits per heavy atom. The summed E-state index contributed by atoms with van der Waals surface area (Å²) < 4.78 is 13.1. The second-order valence-electron chi connectivity index (χ2n) is 4.74. The summed E-state index contributed by atoms with van der Waals surface area (Å²) in [6, 6.07) is 3.63. The van der Waals surface area contributed by atoms with Crippen LogP contribution in [0, 0.1) is 5.82 Å². The van der Waals surface area contributed by atoms with Crippen LogP contribution < -0.4 is 5.32 Å². The van der Waals surface area contributed by atoms with Crippen molar-refractivity contribution >= 4 is 11.8 Å². The van der Waals surface area contributed by atoms with Crippen molar-refractivity contribution in [3.63, 3.8) is 0 Å². The van der Waals surface area contributed by atoms with Gasteiger partial charge in [-0.15, -0.1) is 0 Å². The summed E-state index contributed by atoms with van der Waals surface area (Å²) in [5.74, 6) is 0.287. The summed E-state index contributed by atoms with van der Waals surface area (Å²) in [5, 5.41) is 22.8. The lowest BCUT2D eigenvalue weighted by Gasteiger charge is -2.25. The predicted octanol–water partition coefficient (Wildman–Crippen LogP) is 2.30. The Bertz CT molecular complexity index is 399. The SMILES string of the molecule is CSCC(C)(O)CNC(C)c1cc(F)ccc1O. The van der Waals surface area contributed by atoms with E-state index in [9.17, 15) is 14.6 Å². The Balaban J connectivity index is 2.65. The van der Waals surface area contributed by atoms with Crippen LogP contribution in [0.4, 0.5) is 4.39 Å². The number of phenolic OH excluding ortho intramolecular Hbond substituents is 1. The highest BCUT2D eigenvalue weighted by Crippen LogP contribution is 2.25. The first-order valence-electron chi connectivity index (χ1n) is 5.79. The Morgan fingerprint density at radius 2 is 2.17 bits per heavy atom. The number of benzene rings is 1. The first kappa shape index (κ1) is 15.3. The average Bonchev–Trinajstić information content (AvgIpc) is 2.29. The molecule has 2 atom stereocenters. The van der Waals surface area contributed by atoms with Gasteiger partial charge in [-0.2, -0.15) is 11.8 Å². The maximum Gasteiger partial charge on any atom is 0.123 e. The van der Waals surface area contributed by atoms with E-state index in [0.29, 0.717) is 17.9 Å². The summed E-state index contributed by atoms with van der Waals surface area (Å²) in [6.07, 6.45) is 1.93. The molecule has 0 saturated carbocycles. The molecule has 0 spiro atoms. The molecular formula is C13H20FNO2S. The third-order valence-electron chi connectivity index (χ3n) is 2.70. The van der Waals surface area contributed by atoms with Gasteiger partial charge in [0.25, 0.3) is 0 Å². The number of nitrogens with one attached hydrogen (secondary N) is 1. The molecule has 0 heterocycles. The van der Waals surface area contributed by atoms with Crippen LogP contribution in [0.25, 0.3) is 0 Å². The second kappa shape index (κ2) is 6.41. The molecule has 1 rings (SSSR count). The van der Waals surface area contributed by atoms with Gasteiger partial charge in [0, 0.05) is 23.9 Å². The third-order valence-corrected chi connectivity index (χ3v) is 3.61. The Kier molecular flexibility index (Phi) is 5.44. The highest BCUT2D eigenvalue weighted by molar-refractivity contribution is 7.98. The molecule has 5 heteroatoms. The first-order chi connectivity index (χ1) is 8.35. The van der Waals surface area contributed by atoms with Crippen LogP contribution in [-0.2, 0) is 0 Å². The number of thioether (sulfide) groups is 1. The van der Waals surface area contributed by atoms with Crippen molar-refractivity contribution in [1.29, 1.82) is 0 Å². The molecule has 1 aromatic rings. The van der Waals surface area contributed by atoms with E-state index in [0.717, 1.165) is 0 Å². The fraction of sp³-hybridized carbons (Fsp3) is 0.538. The minimum Gasteiger partial charge on any atom is -0.508 e. The van der Waals surface area contributed by atoms with Gasteiger partial charge in [0.1, 0.15) is 11.6 Å². The van der Waals surface area contributed by atoms with Gasteiger partial charge in [-0.05, 0) is 38.3 Å². The lowest BCUT2D eigenvalue weighted by Crippen LogP contribution is -2.40. The number of halogens is 1. The van der Waals surface area contributed by atoms with Gasteiger partial charge < -0.3 is 15.5 Å². The van der Waals surface area contributed by atoms with Crippen molar-refractivity contribution in [3.8, 4) is 5.75 Å². The molecule has 0 aliphatic carbocycles. The molecule has 0 amide bonds. The van der Waals surface area contributed by atoms with E-state index in [1.807, 2.05) is 13.2 Å².